The number of likely N-dealkylation sites (tertiary alicyclic amines) is 1. The van der Waals surface area contributed by atoms with Crippen LogP contribution in [0.4, 0.5) is 0 Å². The molecule has 28 heavy (non-hydrogen) atoms. The van der Waals surface area contributed by atoms with E-state index in [1.807, 2.05) is 4.90 Å². The molecule has 2 aliphatic heterocycles. The Morgan fingerprint density at radius 2 is 1.54 bits per heavy atom. The summed E-state index contributed by atoms with van der Waals surface area (Å²) in [7, 11) is 0. The van der Waals surface area contributed by atoms with Gasteiger partial charge in [-0.05, 0) is 49.5 Å². The zero-order valence-electron chi connectivity index (χ0n) is 16.1. The topological polar surface area (TPSA) is 57.0 Å². The second-order valence-corrected chi connectivity index (χ2v) is 7.61. The Hall–Kier alpha value is -2.60. The summed E-state index contributed by atoms with van der Waals surface area (Å²) in [6.07, 6.45) is 3.71. The maximum absolute atomic E-state index is 12.7. The molecule has 0 aliphatic carbocycles. The number of hydrogen-bond donors (Lipinski definition) is 0. The number of benzene rings is 1. The molecule has 2 fully saturated rings. The molecule has 1 aromatic carbocycles. The molecule has 0 unspecified atom stereocenters. The van der Waals surface area contributed by atoms with Gasteiger partial charge in [-0.3, -0.25) is 14.5 Å². The van der Waals surface area contributed by atoms with Gasteiger partial charge in [-0.15, -0.1) is 0 Å². The van der Waals surface area contributed by atoms with Gasteiger partial charge in [0.1, 0.15) is 0 Å². The fourth-order valence-electron chi connectivity index (χ4n) is 4.16. The van der Waals surface area contributed by atoms with Crippen molar-refractivity contribution < 1.29 is 14.0 Å². The summed E-state index contributed by atoms with van der Waals surface area (Å²) in [5, 5.41) is 0. The lowest BCUT2D eigenvalue weighted by Gasteiger charge is -2.37. The van der Waals surface area contributed by atoms with Crippen LogP contribution in [0.3, 0.4) is 0 Å². The Bertz CT molecular complexity index is 775. The Balaban J connectivity index is 1.22. The van der Waals surface area contributed by atoms with Crippen LogP contribution >= 0.6 is 0 Å². The predicted octanol–water partition coefficient (Wildman–Crippen LogP) is 2.44. The summed E-state index contributed by atoms with van der Waals surface area (Å²) < 4.78 is 5.19. The SMILES string of the molecule is O=C(CN1CCC(c2ccccc2)CC1)N1CCN(C(=O)c2ccco2)CC1. The molecule has 0 atom stereocenters. The average Bonchev–Trinajstić information content (AvgIpc) is 3.29. The molecule has 2 saturated heterocycles. The van der Waals surface area contributed by atoms with Crippen molar-refractivity contribution in [3.63, 3.8) is 0 Å². The quantitative estimate of drug-likeness (QED) is 0.816. The molecule has 3 heterocycles. The Morgan fingerprint density at radius 3 is 2.18 bits per heavy atom. The first kappa shape index (κ1) is 18.7. The van der Waals surface area contributed by atoms with Crippen molar-refractivity contribution in [3.05, 3.63) is 60.1 Å². The van der Waals surface area contributed by atoms with E-state index in [1.165, 1.54) is 11.8 Å². The van der Waals surface area contributed by atoms with Crippen molar-refractivity contribution in [1.82, 2.24) is 14.7 Å². The van der Waals surface area contributed by atoms with E-state index in [-0.39, 0.29) is 11.8 Å². The van der Waals surface area contributed by atoms with E-state index in [0.717, 1.165) is 25.9 Å². The summed E-state index contributed by atoms with van der Waals surface area (Å²) in [5.41, 5.74) is 1.41. The number of carbonyl (C=O) groups is 2. The number of nitrogens with zero attached hydrogens (tertiary/aromatic N) is 3. The molecule has 4 rings (SSSR count). The summed E-state index contributed by atoms with van der Waals surface area (Å²) >= 11 is 0. The second kappa shape index (κ2) is 8.61. The van der Waals surface area contributed by atoms with Gasteiger partial charge in [0.25, 0.3) is 5.91 Å². The number of piperazine rings is 1. The molecule has 0 spiro atoms. The van der Waals surface area contributed by atoms with Gasteiger partial charge in [-0.1, -0.05) is 30.3 Å². The number of furan rings is 1. The summed E-state index contributed by atoms with van der Waals surface area (Å²) in [4.78, 5) is 30.9. The van der Waals surface area contributed by atoms with E-state index in [4.69, 9.17) is 4.42 Å². The van der Waals surface area contributed by atoms with Crippen molar-refractivity contribution in [2.45, 2.75) is 18.8 Å². The first-order chi connectivity index (χ1) is 13.7. The Kier molecular flexibility index (Phi) is 5.76. The van der Waals surface area contributed by atoms with E-state index in [1.54, 1.807) is 17.0 Å². The van der Waals surface area contributed by atoms with Gasteiger partial charge in [0.15, 0.2) is 5.76 Å². The van der Waals surface area contributed by atoms with Crippen molar-refractivity contribution in [2.75, 3.05) is 45.8 Å². The van der Waals surface area contributed by atoms with Crippen molar-refractivity contribution in [1.29, 1.82) is 0 Å². The highest BCUT2D eigenvalue weighted by Crippen LogP contribution is 2.27. The molecule has 2 aliphatic rings. The Morgan fingerprint density at radius 1 is 0.857 bits per heavy atom. The minimum atomic E-state index is -0.0971. The second-order valence-electron chi connectivity index (χ2n) is 7.61. The lowest BCUT2D eigenvalue weighted by atomic mass is 9.89. The van der Waals surface area contributed by atoms with Crippen molar-refractivity contribution >= 4 is 11.8 Å². The molecule has 0 N–H and O–H groups in total. The molecule has 2 amide bonds. The molecule has 6 nitrogen and oxygen atoms in total. The minimum absolute atomic E-state index is 0.0971. The van der Waals surface area contributed by atoms with Crippen LogP contribution in [0.25, 0.3) is 0 Å². The highest BCUT2D eigenvalue weighted by atomic mass is 16.3. The molecule has 2 aromatic rings. The standard InChI is InChI=1S/C22H27N3O3/c26-21(17-23-10-8-19(9-11-23)18-5-2-1-3-6-18)24-12-14-25(15-13-24)22(27)20-7-4-16-28-20/h1-7,16,19H,8-15,17H2. The van der Waals surface area contributed by atoms with E-state index >= 15 is 0 Å². The predicted molar refractivity (Wildman–Crippen MR) is 106 cm³/mol. The van der Waals surface area contributed by atoms with Crippen LogP contribution in [-0.2, 0) is 4.79 Å². The fourth-order valence-corrected chi connectivity index (χ4v) is 4.16. The molecule has 148 valence electrons. The van der Waals surface area contributed by atoms with Gasteiger partial charge < -0.3 is 14.2 Å². The first-order valence-corrected chi connectivity index (χ1v) is 10.1. The minimum Gasteiger partial charge on any atom is -0.459 e. The van der Waals surface area contributed by atoms with Crippen LogP contribution in [0, 0.1) is 0 Å². The van der Waals surface area contributed by atoms with E-state index < -0.39 is 0 Å². The number of hydrogen-bond acceptors (Lipinski definition) is 4. The maximum Gasteiger partial charge on any atom is 0.289 e. The Labute approximate surface area is 165 Å². The first-order valence-electron chi connectivity index (χ1n) is 10.1. The third kappa shape index (κ3) is 4.28. The van der Waals surface area contributed by atoms with E-state index in [2.05, 4.69) is 35.2 Å². The summed E-state index contributed by atoms with van der Waals surface area (Å²) in [5.74, 6) is 1.04. The van der Waals surface area contributed by atoms with Crippen molar-refractivity contribution in [3.8, 4) is 0 Å². The van der Waals surface area contributed by atoms with Gasteiger partial charge in [-0.25, -0.2) is 0 Å². The third-order valence-electron chi connectivity index (χ3n) is 5.87. The monoisotopic (exact) mass is 381 g/mol. The average molecular weight is 381 g/mol. The normalized spacial score (nSPS) is 19.0. The van der Waals surface area contributed by atoms with Gasteiger partial charge in [-0.2, -0.15) is 0 Å². The molecular weight excluding hydrogens is 354 g/mol. The molecule has 0 radical (unpaired) electrons. The lowest BCUT2D eigenvalue weighted by Crippen LogP contribution is -2.53. The van der Waals surface area contributed by atoms with E-state index in [0.29, 0.717) is 44.4 Å². The van der Waals surface area contributed by atoms with Gasteiger partial charge >= 0.3 is 0 Å². The summed E-state index contributed by atoms with van der Waals surface area (Å²) in [6, 6.07) is 14.1. The van der Waals surface area contributed by atoms with Crippen LogP contribution in [0.2, 0.25) is 0 Å². The van der Waals surface area contributed by atoms with Gasteiger partial charge in [0.2, 0.25) is 5.91 Å². The molecule has 1 aromatic heterocycles. The zero-order valence-corrected chi connectivity index (χ0v) is 16.1. The van der Waals surface area contributed by atoms with Crippen LogP contribution in [0.5, 0.6) is 0 Å². The van der Waals surface area contributed by atoms with E-state index in [9.17, 15) is 9.59 Å². The number of rotatable bonds is 4. The largest absolute Gasteiger partial charge is 0.459 e. The van der Waals surface area contributed by atoms with Crippen LogP contribution in [-0.4, -0.2) is 72.3 Å². The molecule has 0 bridgehead atoms. The highest BCUT2D eigenvalue weighted by molar-refractivity contribution is 5.91. The number of amides is 2. The zero-order chi connectivity index (χ0) is 19.3. The van der Waals surface area contributed by atoms with Gasteiger partial charge in [0, 0.05) is 26.2 Å². The molecule has 6 heteroatoms. The maximum atomic E-state index is 12.7. The fraction of sp³-hybridized carbons (Fsp3) is 0.455. The van der Waals surface area contributed by atoms with Crippen LogP contribution in [0.1, 0.15) is 34.9 Å². The highest BCUT2D eigenvalue weighted by Gasteiger charge is 2.28. The molecule has 0 saturated carbocycles. The van der Waals surface area contributed by atoms with Crippen molar-refractivity contribution in [2.24, 2.45) is 0 Å². The van der Waals surface area contributed by atoms with Crippen LogP contribution < -0.4 is 0 Å². The molecular formula is C22H27N3O3. The number of piperidine rings is 1. The van der Waals surface area contributed by atoms with Crippen LogP contribution in [0.15, 0.2) is 53.1 Å². The number of carbonyl (C=O) groups excluding carboxylic acids is 2. The third-order valence-corrected chi connectivity index (χ3v) is 5.87. The smallest absolute Gasteiger partial charge is 0.289 e. The summed E-state index contributed by atoms with van der Waals surface area (Å²) in [6.45, 7) is 4.69. The van der Waals surface area contributed by atoms with Gasteiger partial charge in [0.05, 0.1) is 12.8 Å². The lowest BCUT2D eigenvalue weighted by molar-refractivity contribution is -0.134.